The highest BCUT2D eigenvalue weighted by atomic mass is 35.5. The molecule has 0 bridgehead atoms. The smallest absolute Gasteiger partial charge is 0.138 e. The second-order valence-corrected chi connectivity index (χ2v) is 4.26. The summed E-state index contributed by atoms with van der Waals surface area (Å²) in [7, 11) is 0. The zero-order chi connectivity index (χ0) is 11.0. The molecule has 0 radical (unpaired) electrons. The van der Waals surface area contributed by atoms with Crippen molar-refractivity contribution in [2.24, 2.45) is 0 Å². The summed E-state index contributed by atoms with van der Waals surface area (Å²) in [5.74, 6) is 0.416. The molecule has 0 aliphatic rings. The van der Waals surface area contributed by atoms with Gasteiger partial charge in [-0.2, -0.15) is 0 Å². The van der Waals surface area contributed by atoms with E-state index in [1.54, 1.807) is 12.1 Å². The number of nitrogens with zero attached hydrogens (tertiary/aromatic N) is 1. The minimum Gasteiger partial charge on any atom is -0.506 e. The molecule has 0 fully saturated rings. The fourth-order valence-electron chi connectivity index (χ4n) is 1.59. The van der Waals surface area contributed by atoms with Crippen molar-refractivity contribution in [2.45, 2.75) is 19.8 Å². The minimum absolute atomic E-state index is 0.202. The van der Waals surface area contributed by atoms with Gasteiger partial charge in [-0.25, -0.2) is 4.98 Å². The average molecular weight is 222 g/mol. The van der Waals surface area contributed by atoms with Gasteiger partial charge in [0.15, 0.2) is 0 Å². The molecule has 15 heavy (non-hydrogen) atoms. The Bertz CT molecular complexity index is 508. The van der Waals surface area contributed by atoms with Gasteiger partial charge in [-0.05, 0) is 24.1 Å². The maximum atomic E-state index is 9.78. The van der Waals surface area contributed by atoms with Gasteiger partial charge in [0.05, 0.1) is 16.2 Å². The van der Waals surface area contributed by atoms with E-state index in [2.05, 4.69) is 4.98 Å². The van der Waals surface area contributed by atoms with Crippen molar-refractivity contribution >= 4 is 22.5 Å². The lowest BCUT2D eigenvalue weighted by molar-refractivity contribution is 0.461. The van der Waals surface area contributed by atoms with Gasteiger partial charge >= 0.3 is 0 Å². The highest BCUT2D eigenvalue weighted by Gasteiger charge is 2.10. The molecule has 0 amide bonds. The standard InChI is InChI=1S/C12H12ClNO/c1-7(2)12-11(15)6-8-9(13)4-3-5-10(8)14-12/h3-7,15H,1-2H3. The van der Waals surface area contributed by atoms with E-state index in [4.69, 9.17) is 11.6 Å². The van der Waals surface area contributed by atoms with Gasteiger partial charge in [0, 0.05) is 5.39 Å². The number of halogens is 1. The quantitative estimate of drug-likeness (QED) is 0.796. The van der Waals surface area contributed by atoms with Crippen LogP contribution in [0.4, 0.5) is 0 Å². The van der Waals surface area contributed by atoms with Crippen LogP contribution in [0.3, 0.4) is 0 Å². The van der Waals surface area contributed by atoms with Crippen LogP contribution in [0.5, 0.6) is 5.75 Å². The van der Waals surface area contributed by atoms with E-state index in [9.17, 15) is 5.11 Å². The molecule has 3 heteroatoms. The van der Waals surface area contributed by atoms with E-state index in [1.807, 2.05) is 26.0 Å². The molecule has 0 aliphatic heterocycles. The zero-order valence-electron chi connectivity index (χ0n) is 8.66. The molecule has 1 aromatic heterocycles. The largest absolute Gasteiger partial charge is 0.506 e. The van der Waals surface area contributed by atoms with Crippen molar-refractivity contribution in [3.8, 4) is 5.75 Å². The van der Waals surface area contributed by atoms with Crippen LogP contribution in [0.15, 0.2) is 24.3 Å². The molecule has 1 N–H and O–H groups in total. The Morgan fingerprint density at radius 2 is 2.07 bits per heavy atom. The van der Waals surface area contributed by atoms with Crippen molar-refractivity contribution in [2.75, 3.05) is 0 Å². The molecular formula is C12H12ClNO. The van der Waals surface area contributed by atoms with Crippen LogP contribution in [-0.2, 0) is 0 Å². The first-order chi connectivity index (χ1) is 7.09. The van der Waals surface area contributed by atoms with Crippen LogP contribution < -0.4 is 0 Å². The maximum Gasteiger partial charge on any atom is 0.138 e. The van der Waals surface area contributed by atoms with Gasteiger partial charge in [0.25, 0.3) is 0 Å². The lowest BCUT2D eigenvalue weighted by Gasteiger charge is -2.09. The second kappa shape index (κ2) is 3.70. The molecule has 0 spiro atoms. The van der Waals surface area contributed by atoms with E-state index in [0.717, 1.165) is 10.9 Å². The molecule has 0 saturated heterocycles. The Hall–Kier alpha value is -1.28. The van der Waals surface area contributed by atoms with Crippen LogP contribution in [0.2, 0.25) is 5.02 Å². The van der Waals surface area contributed by atoms with Gasteiger partial charge < -0.3 is 5.11 Å². The van der Waals surface area contributed by atoms with Gasteiger partial charge in [-0.1, -0.05) is 31.5 Å². The maximum absolute atomic E-state index is 9.78. The third-order valence-electron chi connectivity index (χ3n) is 2.36. The molecule has 2 rings (SSSR count). The van der Waals surface area contributed by atoms with Crippen LogP contribution in [0, 0.1) is 0 Å². The molecule has 2 aromatic rings. The monoisotopic (exact) mass is 221 g/mol. The van der Waals surface area contributed by atoms with Gasteiger partial charge in [0.1, 0.15) is 5.75 Å². The molecule has 0 saturated carbocycles. The van der Waals surface area contributed by atoms with Crippen molar-refractivity contribution in [1.82, 2.24) is 4.98 Å². The molecule has 1 heterocycles. The van der Waals surface area contributed by atoms with Crippen LogP contribution in [0.25, 0.3) is 10.9 Å². The molecule has 0 unspecified atom stereocenters. The molecule has 0 aliphatic carbocycles. The van der Waals surface area contributed by atoms with Crippen LogP contribution in [-0.4, -0.2) is 10.1 Å². The summed E-state index contributed by atoms with van der Waals surface area (Å²) in [5.41, 5.74) is 1.54. The topological polar surface area (TPSA) is 33.1 Å². The van der Waals surface area contributed by atoms with E-state index < -0.39 is 0 Å². The van der Waals surface area contributed by atoms with Crippen molar-refractivity contribution in [3.05, 3.63) is 35.0 Å². The lowest BCUT2D eigenvalue weighted by Crippen LogP contribution is -1.94. The molecule has 78 valence electrons. The Morgan fingerprint density at radius 1 is 1.33 bits per heavy atom. The number of benzene rings is 1. The third kappa shape index (κ3) is 1.77. The van der Waals surface area contributed by atoms with Crippen molar-refractivity contribution in [1.29, 1.82) is 0 Å². The summed E-state index contributed by atoms with van der Waals surface area (Å²) < 4.78 is 0. The number of aromatic nitrogens is 1. The first-order valence-corrected chi connectivity index (χ1v) is 5.25. The number of fused-ring (bicyclic) bond motifs is 1. The highest BCUT2D eigenvalue weighted by molar-refractivity contribution is 6.35. The zero-order valence-corrected chi connectivity index (χ0v) is 9.42. The SMILES string of the molecule is CC(C)c1nc2cccc(Cl)c2cc1O. The van der Waals surface area contributed by atoms with E-state index >= 15 is 0 Å². The average Bonchev–Trinajstić information content (AvgIpc) is 2.18. The molecule has 1 aromatic carbocycles. The van der Waals surface area contributed by atoms with Crippen LogP contribution in [0.1, 0.15) is 25.5 Å². The molecule has 0 atom stereocenters. The third-order valence-corrected chi connectivity index (χ3v) is 2.69. The van der Waals surface area contributed by atoms with Gasteiger partial charge in [-0.15, -0.1) is 0 Å². The predicted octanol–water partition coefficient (Wildman–Crippen LogP) is 3.72. The first kappa shape index (κ1) is 10.2. The fourth-order valence-corrected chi connectivity index (χ4v) is 1.81. The predicted molar refractivity (Wildman–Crippen MR) is 62.5 cm³/mol. The molecular weight excluding hydrogens is 210 g/mol. The second-order valence-electron chi connectivity index (χ2n) is 3.85. The summed E-state index contributed by atoms with van der Waals surface area (Å²) in [5, 5.41) is 11.2. The summed E-state index contributed by atoms with van der Waals surface area (Å²) in [6.45, 7) is 4.00. The van der Waals surface area contributed by atoms with Crippen molar-refractivity contribution in [3.63, 3.8) is 0 Å². The Kier molecular flexibility index (Phi) is 2.53. The van der Waals surface area contributed by atoms with E-state index in [1.165, 1.54) is 0 Å². The Balaban J connectivity index is 2.76. The first-order valence-electron chi connectivity index (χ1n) is 4.87. The van der Waals surface area contributed by atoms with Gasteiger partial charge in [0.2, 0.25) is 0 Å². The van der Waals surface area contributed by atoms with Crippen LogP contribution >= 0.6 is 11.6 Å². The summed E-state index contributed by atoms with van der Waals surface area (Å²) in [6, 6.07) is 7.23. The van der Waals surface area contributed by atoms with Gasteiger partial charge in [-0.3, -0.25) is 0 Å². The summed E-state index contributed by atoms with van der Waals surface area (Å²) in [4.78, 5) is 4.40. The lowest BCUT2D eigenvalue weighted by atomic mass is 10.1. The highest BCUT2D eigenvalue weighted by Crippen LogP contribution is 2.30. The number of aromatic hydroxyl groups is 1. The summed E-state index contributed by atoms with van der Waals surface area (Å²) in [6.07, 6.45) is 0. The fraction of sp³-hybridized carbons (Fsp3) is 0.250. The van der Waals surface area contributed by atoms with E-state index in [-0.39, 0.29) is 11.7 Å². The Labute approximate surface area is 93.5 Å². The normalized spacial score (nSPS) is 11.2. The van der Waals surface area contributed by atoms with Crippen molar-refractivity contribution < 1.29 is 5.11 Å². The number of hydrogen-bond acceptors (Lipinski definition) is 2. The molecule has 2 nitrogen and oxygen atoms in total. The Morgan fingerprint density at radius 3 is 2.73 bits per heavy atom. The summed E-state index contributed by atoms with van der Waals surface area (Å²) >= 11 is 6.01. The number of rotatable bonds is 1. The number of pyridine rings is 1. The minimum atomic E-state index is 0.202. The number of hydrogen-bond donors (Lipinski definition) is 1. The van der Waals surface area contributed by atoms with E-state index in [0.29, 0.717) is 10.7 Å².